The van der Waals surface area contributed by atoms with Gasteiger partial charge in [-0.1, -0.05) is 11.6 Å². The summed E-state index contributed by atoms with van der Waals surface area (Å²) in [4.78, 5) is 0. The Morgan fingerprint density at radius 1 is 1.28 bits per heavy atom. The van der Waals surface area contributed by atoms with Gasteiger partial charge in [-0.15, -0.1) is 0 Å². The molecule has 0 radical (unpaired) electrons. The van der Waals surface area contributed by atoms with Crippen LogP contribution in [0.2, 0.25) is 0 Å². The van der Waals surface area contributed by atoms with E-state index in [0.717, 1.165) is 13.1 Å². The molecular formula is C15H19N3. The van der Waals surface area contributed by atoms with Gasteiger partial charge in [0.1, 0.15) is 0 Å². The van der Waals surface area contributed by atoms with Crippen molar-refractivity contribution in [2.45, 2.75) is 38.8 Å². The lowest BCUT2D eigenvalue weighted by Crippen LogP contribution is -2.43. The summed E-state index contributed by atoms with van der Waals surface area (Å²) in [5.74, 6) is 6.18. The lowest BCUT2D eigenvalue weighted by molar-refractivity contribution is 0.144. The molecule has 2 aromatic rings. The van der Waals surface area contributed by atoms with Crippen molar-refractivity contribution in [1.82, 2.24) is 9.58 Å². The molecule has 3 nitrogen and oxygen atoms in total. The average molecular weight is 241 g/mol. The molecular weight excluding hydrogens is 222 g/mol. The summed E-state index contributed by atoms with van der Waals surface area (Å²) >= 11 is 0. The van der Waals surface area contributed by atoms with E-state index < -0.39 is 0 Å². The van der Waals surface area contributed by atoms with Gasteiger partial charge < -0.3 is 4.57 Å². The first-order valence-electron chi connectivity index (χ1n) is 6.88. The number of hydrogen-bond acceptors (Lipinski definition) is 2. The van der Waals surface area contributed by atoms with Crippen molar-refractivity contribution in [3.05, 3.63) is 35.0 Å². The average Bonchev–Trinajstić information content (AvgIpc) is 2.69. The van der Waals surface area contributed by atoms with Crippen molar-refractivity contribution in [1.29, 1.82) is 0 Å². The molecule has 0 bridgehead atoms. The number of hydrazine groups is 1. The number of nitrogens with two attached hydrogens (primary N) is 1. The Morgan fingerprint density at radius 2 is 2.17 bits per heavy atom. The summed E-state index contributed by atoms with van der Waals surface area (Å²) in [6.45, 7) is 4.18. The molecule has 2 heterocycles. The molecule has 0 unspecified atom stereocenters. The zero-order valence-corrected chi connectivity index (χ0v) is 10.8. The minimum atomic E-state index is 0.440. The normalized spacial score (nSPS) is 23.3. The lowest BCUT2D eigenvalue weighted by atomic mass is 9.90. The predicted octanol–water partition coefficient (Wildman–Crippen LogP) is 2.52. The van der Waals surface area contributed by atoms with Crippen molar-refractivity contribution < 1.29 is 0 Å². The molecule has 1 atom stereocenters. The predicted molar refractivity (Wildman–Crippen MR) is 73.2 cm³/mol. The molecule has 1 aromatic heterocycles. The first-order valence-corrected chi connectivity index (χ1v) is 6.88. The smallest absolute Gasteiger partial charge is 0.0646 e. The molecule has 94 valence electrons. The van der Waals surface area contributed by atoms with Crippen LogP contribution in [-0.4, -0.2) is 16.1 Å². The van der Waals surface area contributed by atoms with E-state index in [9.17, 15) is 0 Å². The summed E-state index contributed by atoms with van der Waals surface area (Å²) in [7, 11) is 0. The molecule has 4 rings (SSSR count). The van der Waals surface area contributed by atoms with Gasteiger partial charge in [-0.3, -0.25) is 5.84 Å². The largest absolute Gasteiger partial charge is 0.341 e. The third kappa shape index (κ3) is 1.26. The van der Waals surface area contributed by atoms with E-state index in [4.69, 9.17) is 5.84 Å². The highest BCUT2D eigenvalue weighted by Crippen LogP contribution is 2.41. The Morgan fingerprint density at radius 3 is 3.06 bits per heavy atom. The van der Waals surface area contributed by atoms with Gasteiger partial charge in [0.05, 0.1) is 6.04 Å². The van der Waals surface area contributed by atoms with Crippen LogP contribution in [0, 0.1) is 6.92 Å². The van der Waals surface area contributed by atoms with Gasteiger partial charge in [0, 0.05) is 29.7 Å². The summed E-state index contributed by atoms with van der Waals surface area (Å²) in [6.07, 6.45) is 3.68. The van der Waals surface area contributed by atoms with Crippen molar-refractivity contribution >= 4 is 10.9 Å². The Kier molecular flexibility index (Phi) is 2.11. The molecule has 3 heteroatoms. The molecule has 0 saturated heterocycles. The number of rotatable bonds is 0. The van der Waals surface area contributed by atoms with Crippen LogP contribution in [0.4, 0.5) is 0 Å². The van der Waals surface area contributed by atoms with Crippen LogP contribution in [-0.2, 0) is 13.0 Å². The molecule has 0 fully saturated rings. The van der Waals surface area contributed by atoms with Crippen LogP contribution in [0.5, 0.6) is 0 Å². The fraction of sp³-hybridized carbons (Fsp3) is 0.467. The van der Waals surface area contributed by atoms with E-state index in [1.807, 2.05) is 5.01 Å². The molecule has 2 N–H and O–H groups in total. The zero-order valence-electron chi connectivity index (χ0n) is 10.8. The summed E-state index contributed by atoms with van der Waals surface area (Å²) in [5.41, 5.74) is 5.81. The second-order valence-corrected chi connectivity index (χ2v) is 5.68. The molecule has 0 amide bonds. The van der Waals surface area contributed by atoms with E-state index in [-0.39, 0.29) is 0 Å². The van der Waals surface area contributed by atoms with Crippen molar-refractivity contribution in [2.75, 3.05) is 6.54 Å². The van der Waals surface area contributed by atoms with Gasteiger partial charge in [-0.2, -0.15) is 0 Å². The van der Waals surface area contributed by atoms with Gasteiger partial charge in [-0.25, -0.2) is 5.01 Å². The minimum Gasteiger partial charge on any atom is -0.341 e. The van der Waals surface area contributed by atoms with Crippen LogP contribution in [0.1, 0.15) is 35.7 Å². The Labute approximate surface area is 107 Å². The molecule has 1 aliphatic carbocycles. The first kappa shape index (κ1) is 10.6. The van der Waals surface area contributed by atoms with Crippen molar-refractivity contribution in [2.24, 2.45) is 5.84 Å². The second-order valence-electron chi connectivity index (χ2n) is 5.68. The number of fused-ring (bicyclic) bond motifs is 3. The molecule has 0 spiro atoms. The highest BCUT2D eigenvalue weighted by atomic mass is 15.4. The summed E-state index contributed by atoms with van der Waals surface area (Å²) < 4.78 is 2.51. The van der Waals surface area contributed by atoms with Crippen molar-refractivity contribution in [3.63, 3.8) is 0 Å². The summed E-state index contributed by atoms with van der Waals surface area (Å²) in [5, 5.41) is 3.51. The van der Waals surface area contributed by atoms with E-state index in [2.05, 4.69) is 29.7 Å². The van der Waals surface area contributed by atoms with E-state index in [1.54, 1.807) is 5.56 Å². The standard InChI is InChI=1S/C15H19N3/c1-10-5-6-13-12(9-10)11-3-2-4-14-15(11)17(13)7-8-18(14)16/h5-6,9,14H,2-4,7-8,16H2,1H3/t14-/m0/s1. The van der Waals surface area contributed by atoms with Crippen LogP contribution in [0.3, 0.4) is 0 Å². The quantitative estimate of drug-likeness (QED) is 0.719. The Bertz CT molecular complexity index is 626. The topological polar surface area (TPSA) is 34.2 Å². The minimum absolute atomic E-state index is 0.440. The Balaban J connectivity index is 2.08. The van der Waals surface area contributed by atoms with Crippen LogP contribution in [0.15, 0.2) is 18.2 Å². The zero-order chi connectivity index (χ0) is 12.3. The van der Waals surface area contributed by atoms with Gasteiger partial charge in [0.2, 0.25) is 0 Å². The molecule has 1 aromatic carbocycles. The number of benzene rings is 1. The maximum atomic E-state index is 6.18. The number of nitrogens with zero attached hydrogens (tertiary/aromatic N) is 2. The first-order chi connectivity index (χ1) is 8.75. The van der Waals surface area contributed by atoms with Crippen molar-refractivity contribution in [3.8, 4) is 0 Å². The summed E-state index contributed by atoms with van der Waals surface area (Å²) in [6, 6.07) is 7.29. The maximum absolute atomic E-state index is 6.18. The van der Waals surface area contributed by atoms with Crippen LogP contribution >= 0.6 is 0 Å². The van der Waals surface area contributed by atoms with Crippen LogP contribution < -0.4 is 5.84 Å². The third-order valence-electron chi connectivity index (χ3n) is 4.57. The maximum Gasteiger partial charge on any atom is 0.0646 e. The highest BCUT2D eigenvalue weighted by molar-refractivity contribution is 5.87. The van der Waals surface area contributed by atoms with Gasteiger partial charge in [-0.05, 0) is 43.9 Å². The second kappa shape index (κ2) is 3.59. The van der Waals surface area contributed by atoms with Gasteiger partial charge in [0.15, 0.2) is 0 Å². The SMILES string of the molecule is Cc1ccc2c(c1)c1c3n2CCN(N)[C@H]3CCC1. The number of aryl methyl sites for hydroxylation is 2. The van der Waals surface area contributed by atoms with Crippen LogP contribution in [0.25, 0.3) is 10.9 Å². The fourth-order valence-electron chi connectivity index (χ4n) is 3.75. The van der Waals surface area contributed by atoms with Gasteiger partial charge in [0.25, 0.3) is 0 Å². The van der Waals surface area contributed by atoms with Gasteiger partial charge >= 0.3 is 0 Å². The number of hydrogen-bond donors (Lipinski definition) is 1. The van der Waals surface area contributed by atoms with E-state index >= 15 is 0 Å². The highest BCUT2D eigenvalue weighted by Gasteiger charge is 2.33. The van der Waals surface area contributed by atoms with E-state index in [1.165, 1.54) is 41.4 Å². The van der Waals surface area contributed by atoms with E-state index in [0.29, 0.717) is 6.04 Å². The monoisotopic (exact) mass is 241 g/mol. The third-order valence-corrected chi connectivity index (χ3v) is 4.57. The fourth-order valence-corrected chi connectivity index (χ4v) is 3.75. The molecule has 18 heavy (non-hydrogen) atoms. The number of aromatic nitrogens is 1. The lowest BCUT2D eigenvalue weighted by Gasteiger charge is -2.37. The Hall–Kier alpha value is -1.32. The molecule has 0 saturated carbocycles. The molecule has 1 aliphatic heterocycles. The molecule has 2 aliphatic rings.